The molecule has 1 unspecified atom stereocenters. The van der Waals surface area contributed by atoms with Crippen LogP contribution in [0, 0.1) is 0 Å². The Morgan fingerprint density at radius 1 is 0.975 bits per heavy atom. The van der Waals surface area contributed by atoms with Crippen molar-refractivity contribution in [2.45, 2.75) is 37.8 Å². The molecule has 12 heteroatoms. The summed E-state index contributed by atoms with van der Waals surface area (Å²) in [6.07, 6.45) is 0.705. The second-order valence-corrected chi connectivity index (χ2v) is 12.0. The minimum Gasteiger partial charge on any atom is -0.495 e. The fourth-order valence-corrected chi connectivity index (χ4v) is 5.83. The van der Waals surface area contributed by atoms with Crippen LogP contribution in [0.2, 0.25) is 15.1 Å². The highest BCUT2D eigenvalue weighted by Gasteiger charge is 2.34. The summed E-state index contributed by atoms with van der Waals surface area (Å²) in [5, 5.41) is 3.66. The van der Waals surface area contributed by atoms with Gasteiger partial charge in [-0.3, -0.25) is 13.9 Å². The van der Waals surface area contributed by atoms with Crippen molar-refractivity contribution < 1.29 is 22.7 Å². The summed E-state index contributed by atoms with van der Waals surface area (Å²) in [5.41, 5.74) is 0.681. The van der Waals surface area contributed by atoms with E-state index in [0.29, 0.717) is 23.6 Å². The van der Waals surface area contributed by atoms with Crippen LogP contribution in [0.5, 0.6) is 5.75 Å². The Kier molecular flexibility index (Phi) is 11.1. The quantitative estimate of drug-likeness (QED) is 0.274. The maximum Gasteiger partial charge on any atom is 0.264 e. The predicted molar refractivity (Wildman–Crippen MR) is 159 cm³/mol. The van der Waals surface area contributed by atoms with Crippen LogP contribution in [0.3, 0.4) is 0 Å². The zero-order chi connectivity index (χ0) is 29.4. The SMILES string of the molecule is CCCNC(=O)C(C)N(Cc1ccc(Cl)c(Cl)c1)C(=O)CN(c1cc(Cl)ccc1OC)S(=O)(=O)c1ccccc1. The topological polar surface area (TPSA) is 96.0 Å². The predicted octanol–water partition coefficient (Wildman–Crippen LogP) is 5.79. The Morgan fingerprint density at radius 2 is 1.68 bits per heavy atom. The van der Waals surface area contributed by atoms with Gasteiger partial charge in [0.2, 0.25) is 11.8 Å². The lowest BCUT2D eigenvalue weighted by molar-refractivity contribution is -0.139. The molecule has 3 rings (SSSR count). The lowest BCUT2D eigenvalue weighted by Gasteiger charge is -2.32. The van der Waals surface area contributed by atoms with Crippen LogP contribution >= 0.6 is 34.8 Å². The van der Waals surface area contributed by atoms with Gasteiger partial charge in [-0.25, -0.2) is 8.42 Å². The normalized spacial score (nSPS) is 11.9. The van der Waals surface area contributed by atoms with Crippen LogP contribution in [0.4, 0.5) is 5.69 Å². The van der Waals surface area contributed by atoms with Crippen molar-refractivity contribution in [3.8, 4) is 5.75 Å². The minimum absolute atomic E-state index is 0.0255. The van der Waals surface area contributed by atoms with Crippen LogP contribution in [0.15, 0.2) is 71.6 Å². The molecule has 0 aliphatic carbocycles. The number of nitrogens with one attached hydrogen (secondary N) is 1. The molecule has 0 aliphatic rings. The van der Waals surface area contributed by atoms with Crippen molar-refractivity contribution in [3.05, 3.63) is 87.4 Å². The fourth-order valence-electron chi connectivity index (χ4n) is 3.90. The van der Waals surface area contributed by atoms with Crippen molar-refractivity contribution in [2.75, 3.05) is 24.5 Å². The number of halogens is 3. The first-order chi connectivity index (χ1) is 19.0. The number of anilines is 1. The molecular formula is C28H30Cl3N3O5S. The monoisotopic (exact) mass is 625 g/mol. The molecule has 0 saturated heterocycles. The lowest BCUT2D eigenvalue weighted by Crippen LogP contribution is -2.51. The smallest absolute Gasteiger partial charge is 0.264 e. The summed E-state index contributed by atoms with van der Waals surface area (Å²) in [7, 11) is -2.88. The molecule has 0 bridgehead atoms. The molecule has 3 aromatic rings. The summed E-state index contributed by atoms with van der Waals surface area (Å²) in [6.45, 7) is 3.25. The van der Waals surface area contributed by atoms with Crippen LogP contribution in [0.1, 0.15) is 25.8 Å². The van der Waals surface area contributed by atoms with Crippen molar-refractivity contribution >= 4 is 62.3 Å². The summed E-state index contributed by atoms with van der Waals surface area (Å²) < 4.78 is 34.2. The first-order valence-electron chi connectivity index (χ1n) is 12.4. The van der Waals surface area contributed by atoms with Gasteiger partial charge in [0.05, 0.1) is 27.7 Å². The molecule has 0 fully saturated rings. The van der Waals surface area contributed by atoms with Gasteiger partial charge in [-0.15, -0.1) is 0 Å². The third-order valence-electron chi connectivity index (χ3n) is 6.07. The van der Waals surface area contributed by atoms with E-state index < -0.39 is 28.5 Å². The molecule has 1 N–H and O–H groups in total. The molecule has 1 atom stereocenters. The molecule has 0 aliphatic heterocycles. The van der Waals surface area contributed by atoms with Gasteiger partial charge in [0.15, 0.2) is 0 Å². The number of carbonyl (C=O) groups is 2. The largest absolute Gasteiger partial charge is 0.495 e. The molecule has 2 amide bonds. The molecule has 3 aromatic carbocycles. The van der Waals surface area contributed by atoms with Crippen LogP contribution < -0.4 is 14.4 Å². The second-order valence-electron chi connectivity index (χ2n) is 8.88. The summed E-state index contributed by atoms with van der Waals surface area (Å²) >= 11 is 18.5. The van der Waals surface area contributed by atoms with Gasteiger partial charge < -0.3 is 15.0 Å². The van der Waals surface area contributed by atoms with Crippen molar-refractivity contribution in [2.24, 2.45) is 0 Å². The maximum atomic E-state index is 14.0. The first-order valence-corrected chi connectivity index (χ1v) is 15.0. The number of rotatable bonds is 12. The number of nitrogens with zero attached hydrogens (tertiary/aromatic N) is 2. The number of hydrogen-bond donors (Lipinski definition) is 1. The van der Waals surface area contributed by atoms with Gasteiger partial charge >= 0.3 is 0 Å². The van der Waals surface area contributed by atoms with Crippen molar-refractivity contribution in [1.29, 1.82) is 0 Å². The minimum atomic E-state index is -4.27. The van der Waals surface area contributed by atoms with Gasteiger partial charge in [-0.2, -0.15) is 0 Å². The first kappa shape index (κ1) is 31.5. The molecule has 8 nitrogen and oxygen atoms in total. The van der Waals surface area contributed by atoms with E-state index in [9.17, 15) is 18.0 Å². The summed E-state index contributed by atoms with van der Waals surface area (Å²) in [6, 6.07) is 16.1. The van der Waals surface area contributed by atoms with Crippen LogP contribution in [-0.4, -0.2) is 51.4 Å². The van der Waals surface area contributed by atoms with Gasteiger partial charge in [0, 0.05) is 18.1 Å². The molecule has 0 spiro atoms. The highest BCUT2D eigenvalue weighted by Crippen LogP contribution is 2.35. The van der Waals surface area contributed by atoms with E-state index in [1.54, 1.807) is 49.4 Å². The number of ether oxygens (including phenoxy) is 1. The van der Waals surface area contributed by atoms with Crippen molar-refractivity contribution in [3.63, 3.8) is 0 Å². The third-order valence-corrected chi connectivity index (χ3v) is 8.82. The Balaban J connectivity index is 2.09. The third kappa shape index (κ3) is 7.60. The zero-order valence-corrected chi connectivity index (χ0v) is 25.3. The zero-order valence-electron chi connectivity index (χ0n) is 22.2. The van der Waals surface area contributed by atoms with Crippen LogP contribution in [-0.2, 0) is 26.2 Å². The van der Waals surface area contributed by atoms with E-state index in [0.717, 1.165) is 4.31 Å². The van der Waals surface area contributed by atoms with E-state index in [2.05, 4.69) is 5.32 Å². The van der Waals surface area contributed by atoms with Crippen LogP contribution in [0.25, 0.3) is 0 Å². The van der Waals surface area contributed by atoms with E-state index in [1.807, 2.05) is 6.92 Å². The number of sulfonamides is 1. The van der Waals surface area contributed by atoms with Gasteiger partial charge in [0.1, 0.15) is 18.3 Å². The standard InChI is InChI=1S/C28H30Cl3N3O5S/c1-4-14-32-28(36)19(2)33(17-20-10-12-23(30)24(31)15-20)27(35)18-34(25-16-21(29)11-13-26(25)39-3)40(37,38)22-8-6-5-7-9-22/h5-13,15-16,19H,4,14,17-18H2,1-3H3,(H,32,36). The van der Waals surface area contributed by atoms with Gasteiger partial charge in [0.25, 0.3) is 10.0 Å². The molecule has 0 aromatic heterocycles. The second kappa shape index (κ2) is 14.1. The highest BCUT2D eigenvalue weighted by atomic mass is 35.5. The number of amides is 2. The Bertz CT molecular complexity index is 1450. The van der Waals surface area contributed by atoms with E-state index in [-0.39, 0.29) is 38.8 Å². The molecule has 0 heterocycles. The Hall–Kier alpha value is -2.98. The molecule has 214 valence electrons. The molecular weight excluding hydrogens is 597 g/mol. The lowest BCUT2D eigenvalue weighted by atomic mass is 10.1. The fraction of sp³-hybridized carbons (Fsp3) is 0.286. The van der Waals surface area contributed by atoms with E-state index in [1.165, 1.54) is 36.3 Å². The highest BCUT2D eigenvalue weighted by molar-refractivity contribution is 7.92. The summed E-state index contributed by atoms with van der Waals surface area (Å²) in [5.74, 6) is -0.818. The Morgan fingerprint density at radius 3 is 2.30 bits per heavy atom. The molecule has 40 heavy (non-hydrogen) atoms. The maximum absolute atomic E-state index is 14.0. The summed E-state index contributed by atoms with van der Waals surface area (Å²) in [4.78, 5) is 28.2. The van der Waals surface area contributed by atoms with Gasteiger partial charge in [-0.05, 0) is 61.4 Å². The van der Waals surface area contributed by atoms with Gasteiger partial charge in [-0.1, -0.05) is 66.0 Å². The Labute approximate surface area is 249 Å². The number of hydrogen-bond acceptors (Lipinski definition) is 5. The number of methoxy groups -OCH3 is 1. The molecule has 0 saturated carbocycles. The average Bonchev–Trinajstić information content (AvgIpc) is 2.95. The number of benzene rings is 3. The van der Waals surface area contributed by atoms with E-state index >= 15 is 0 Å². The number of carbonyl (C=O) groups excluding carboxylic acids is 2. The molecule has 0 radical (unpaired) electrons. The van der Waals surface area contributed by atoms with E-state index in [4.69, 9.17) is 39.5 Å². The average molecular weight is 627 g/mol. The van der Waals surface area contributed by atoms with Crippen molar-refractivity contribution in [1.82, 2.24) is 10.2 Å².